The summed E-state index contributed by atoms with van der Waals surface area (Å²) in [4.78, 5) is 34.4. The van der Waals surface area contributed by atoms with Crippen LogP contribution in [0, 0.1) is 0 Å². The molecular weight excluding hydrogens is 412 g/mol. The van der Waals surface area contributed by atoms with Crippen LogP contribution >= 0.6 is 11.8 Å². The predicted octanol–water partition coefficient (Wildman–Crippen LogP) is 2.52. The first-order chi connectivity index (χ1) is 15.0. The van der Waals surface area contributed by atoms with E-state index in [1.165, 1.54) is 23.4 Å². The first-order valence-electron chi connectivity index (χ1n) is 9.75. The standard InChI is InChI=1S/C22H20N6O2S/c1-25-17-18(26(2)22(30)27(3)19(17)29)24-20(25)31-21-23-15-11-7-8-12-16(15)28(21)13-14-9-5-4-6-10-14/h4-12H,13H2,1-3H3. The summed E-state index contributed by atoms with van der Waals surface area (Å²) in [6.45, 7) is 0.661. The highest BCUT2D eigenvalue weighted by Gasteiger charge is 2.20. The van der Waals surface area contributed by atoms with Gasteiger partial charge in [-0.05, 0) is 29.5 Å². The van der Waals surface area contributed by atoms with Crippen LogP contribution in [0.15, 0.2) is 74.5 Å². The molecule has 0 amide bonds. The third-order valence-electron chi connectivity index (χ3n) is 5.42. The fourth-order valence-corrected chi connectivity index (χ4v) is 4.66. The van der Waals surface area contributed by atoms with Crippen molar-refractivity contribution in [2.45, 2.75) is 16.9 Å². The number of aromatic nitrogens is 6. The Labute approximate surface area is 181 Å². The van der Waals surface area contributed by atoms with Gasteiger partial charge in [-0.15, -0.1) is 0 Å². The second kappa shape index (κ2) is 7.28. The van der Waals surface area contributed by atoms with Gasteiger partial charge in [-0.3, -0.25) is 13.9 Å². The van der Waals surface area contributed by atoms with E-state index in [0.29, 0.717) is 22.9 Å². The number of aryl methyl sites for hydroxylation is 2. The minimum absolute atomic E-state index is 0.363. The molecule has 0 aliphatic heterocycles. The van der Waals surface area contributed by atoms with Gasteiger partial charge in [0.05, 0.1) is 17.6 Å². The van der Waals surface area contributed by atoms with Crippen molar-refractivity contribution in [3.05, 3.63) is 81.0 Å². The van der Waals surface area contributed by atoms with Gasteiger partial charge in [0.2, 0.25) is 0 Å². The van der Waals surface area contributed by atoms with Crippen molar-refractivity contribution < 1.29 is 0 Å². The molecule has 0 bridgehead atoms. The molecule has 2 aromatic carbocycles. The van der Waals surface area contributed by atoms with Crippen LogP contribution < -0.4 is 11.2 Å². The van der Waals surface area contributed by atoms with E-state index >= 15 is 0 Å². The summed E-state index contributed by atoms with van der Waals surface area (Å²) in [6.07, 6.45) is 0. The quantitative estimate of drug-likeness (QED) is 0.436. The van der Waals surface area contributed by atoms with E-state index in [1.807, 2.05) is 42.5 Å². The van der Waals surface area contributed by atoms with Crippen LogP contribution in [0.3, 0.4) is 0 Å². The average Bonchev–Trinajstić information content (AvgIpc) is 3.29. The fraction of sp³-hybridized carbons (Fsp3) is 0.182. The zero-order valence-corrected chi connectivity index (χ0v) is 18.1. The molecule has 0 aliphatic carbocycles. The summed E-state index contributed by atoms with van der Waals surface area (Å²) in [6, 6.07) is 18.2. The third kappa shape index (κ3) is 3.09. The Balaban J connectivity index is 1.67. The molecule has 8 nitrogen and oxygen atoms in total. The Morgan fingerprint density at radius 1 is 0.806 bits per heavy atom. The Bertz CT molecular complexity index is 1560. The highest BCUT2D eigenvalue weighted by Crippen LogP contribution is 2.31. The van der Waals surface area contributed by atoms with E-state index < -0.39 is 5.69 Å². The lowest BCUT2D eigenvalue weighted by Gasteiger charge is -2.09. The molecule has 0 unspecified atom stereocenters. The van der Waals surface area contributed by atoms with Crippen molar-refractivity contribution >= 4 is 34.0 Å². The lowest BCUT2D eigenvalue weighted by Crippen LogP contribution is -2.37. The van der Waals surface area contributed by atoms with Crippen molar-refractivity contribution in [2.24, 2.45) is 21.1 Å². The van der Waals surface area contributed by atoms with Gasteiger partial charge in [-0.1, -0.05) is 42.5 Å². The maximum atomic E-state index is 12.7. The van der Waals surface area contributed by atoms with Crippen LogP contribution in [0.25, 0.3) is 22.2 Å². The number of fused-ring (bicyclic) bond motifs is 2. The topological polar surface area (TPSA) is 79.6 Å². The van der Waals surface area contributed by atoms with E-state index in [9.17, 15) is 9.59 Å². The Hall–Kier alpha value is -3.59. The number of hydrogen-bond donors (Lipinski definition) is 0. The van der Waals surface area contributed by atoms with Crippen molar-refractivity contribution in [3.8, 4) is 0 Å². The first-order valence-corrected chi connectivity index (χ1v) is 10.6. The van der Waals surface area contributed by atoms with Crippen molar-refractivity contribution in [2.75, 3.05) is 0 Å². The number of hydrogen-bond acceptors (Lipinski definition) is 5. The van der Waals surface area contributed by atoms with Crippen LogP contribution in [0.5, 0.6) is 0 Å². The van der Waals surface area contributed by atoms with E-state index in [2.05, 4.69) is 21.7 Å². The zero-order valence-electron chi connectivity index (χ0n) is 17.3. The summed E-state index contributed by atoms with van der Waals surface area (Å²) in [5, 5.41) is 1.36. The van der Waals surface area contributed by atoms with E-state index in [0.717, 1.165) is 26.3 Å². The summed E-state index contributed by atoms with van der Waals surface area (Å²) in [5.41, 5.74) is 3.07. The predicted molar refractivity (Wildman–Crippen MR) is 121 cm³/mol. The number of rotatable bonds is 4. The minimum Gasteiger partial charge on any atom is -0.316 e. The third-order valence-corrected chi connectivity index (χ3v) is 6.46. The summed E-state index contributed by atoms with van der Waals surface area (Å²) in [7, 11) is 4.88. The largest absolute Gasteiger partial charge is 0.332 e. The van der Waals surface area contributed by atoms with Crippen molar-refractivity contribution in [1.29, 1.82) is 0 Å². The fourth-order valence-electron chi connectivity index (χ4n) is 3.72. The first kappa shape index (κ1) is 19.4. The smallest absolute Gasteiger partial charge is 0.316 e. The lowest BCUT2D eigenvalue weighted by atomic mass is 10.2. The molecule has 9 heteroatoms. The molecule has 3 heterocycles. The number of para-hydroxylation sites is 2. The Morgan fingerprint density at radius 3 is 2.29 bits per heavy atom. The molecule has 0 spiro atoms. The van der Waals surface area contributed by atoms with Crippen LogP contribution in [0.4, 0.5) is 0 Å². The van der Waals surface area contributed by atoms with Crippen molar-refractivity contribution in [3.63, 3.8) is 0 Å². The summed E-state index contributed by atoms with van der Waals surface area (Å²) < 4.78 is 6.37. The monoisotopic (exact) mass is 432 g/mol. The molecule has 0 atom stereocenters. The molecule has 5 rings (SSSR count). The normalized spacial score (nSPS) is 11.6. The summed E-state index contributed by atoms with van der Waals surface area (Å²) in [5.74, 6) is 0. The highest BCUT2D eigenvalue weighted by molar-refractivity contribution is 7.99. The molecule has 0 saturated heterocycles. The van der Waals surface area contributed by atoms with Gasteiger partial charge in [0.1, 0.15) is 0 Å². The van der Waals surface area contributed by atoms with Gasteiger partial charge in [0.25, 0.3) is 5.56 Å². The maximum absolute atomic E-state index is 12.7. The molecule has 0 fully saturated rings. The second-order valence-corrected chi connectivity index (χ2v) is 8.32. The zero-order chi connectivity index (χ0) is 21.7. The van der Waals surface area contributed by atoms with Gasteiger partial charge in [0, 0.05) is 21.1 Å². The van der Waals surface area contributed by atoms with Crippen LogP contribution in [-0.2, 0) is 27.7 Å². The summed E-state index contributed by atoms with van der Waals surface area (Å²) >= 11 is 1.38. The molecule has 31 heavy (non-hydrogen) atoms. The van der Waals surface area contributed by atoms with Gasteiger partial charge in [-0.25, -0.2) is 14.8 Å². The van der Waals surface area contributed by atoms with Crippen LogP contribution in [0.1, 0.15) is 5.56 Å². The molecule has 0 aliphatic rings. The molecule has 0 radical (unpaired) electrons. The molecule has 3 aromatic heterocycles. The molecular formula is C22H20N6O2S. The SMILES string of the molecule is Cn1c(=O)c2c(nc(Sc3nc4ccccc4n3Cc3ccccc3)n2C)n(C)c1=O. The molecule has 156 valence electrons. The highest BCUT2D eigenvalue weighted by atomic mass is 32.2. The van der Waals surface area contributed by atoms with Gasteiger partial charge in [-0.2, -0.15) is 0 Å². The minimum atomic E-state index is -0.400. The number of nitrogens with zero attached hydrogens (tertiary/aromatic N) is 6. The molecule has 5 aromatic rings. The Morgan fingerprint density at radius 2 is 1.52 bits per heavy atom. The number of benzene rings is 2. The number of imidazole rings is 2. The average molecular weight is 433 g/mol. The van der Waals surface area contributed by atoms with Crippen LogP contribution in [0.2, 0.25) is 0 Å². The van der Waals surface area contributed by atoms with Gasteiger partial charge in [0.15, 0.2) is 21.5 Å². The second-order valence-electron chi connectivity index (χ2n) is 7.39. The van der Waals surface area contributed by atoms with Gasteiger partial charge < -0.3 is 9.13 Å². The molecule has 0 N–H and O–H groups in total. The Kier molecular flexibility index (Phi) is 4.55. The van der Waals surface area contributed by atoms with Gasteiger partial charge >= 0.3 is 5.69 Å². The maximum Gasteiger partial charge on any atom is 0.332 e. The van der Waals surface area contributed by atoms with E-state index in [1.54, 1.807) is 18.7 Å². The lowest BCUT2D eigenvalue weighted by molar-refractivity contribution is 0.705. The van der Waals surface area contributed by atoms with Crippen LogP contribution in [-0.4, -0.2) is 28.2 Å². The van der Waals surface area contributed by atoms with E-state index in [-0.39, 0.29) is 5.56 Å². The van der Waals surface area contributed by atoms with E-state index in [4.69, 9.17) is 4.98 Å². The molecule has 0 saturated carbocycles. The van der Waals surface area contributed by atoms with Crippen molar-refractivity contribution in [1.82, 2.24) is 28.2 Å².